The Morgan fingerprint density at radius 1 is 0.284 bits per heavy atom. The number of hydrogen-bond acceptors (Lipinski definition) is 4. The maximum atomic E-state index is 6.17. The summed E-state index contributed by atoms with van der Waals surface area (Å²) in [6, 6.07) is 91.4. The molecular formula is C63H48N2O2. The van der Waals surface area contributed by atoms with Gasteiger partial charge in [0.2, 0.25) is 0 Å². The van der Waals surface area contributed by atoms with Gasteiger partial charge in [-0.3, -0.25) is 0 Å². The molecular weight excluding hydrogens is 817 g/mol. The molecule has 0 N–H and O–H groups in total. The molecule has 0 atom stereocenters. The van der Waals surface area contributed by atoms with E-state index in [0.29, 0.717) is 0 Å². The number of nitrogens with zero attached hydrogens (tertiary/aromatic N) is 2. The Morgan fingerprint density at radius 2 is 0.597 bits per heavy atom. The number of ether oxygens (including phenoxy) is 2. The lowest BCUT2D eigenvalue weighted by Gasteiger charge is -2.36. The summed E-state index contributed by atoms with van der Waals surface area (Å²) in [5.41, 5.74) is 16.7. The van der Waals surface area contributed by atoms with Crippen molar-refractivity contribution >= 4 is 34.1 Å². The number of anilines is 6. The second-order valence-electron chi connectivity index (χ2n) is 16.8. The SMILES string of the molecule is COc1ccc(C2(c3ccc(OC)c(-c4ccccc4)c3)c3cc(N(c4ccccc4)c4ccccc4)ccc3-c3ccc(N(c4ccccc4)c4ccccc4)cc32)cc1-c1ccccc1. The zero-order valence-electron chi connectivity index (χ0n) is 37.5. The summed E-state index contributed by atoms with van der Waals surface area (Å²) >= 11 is 0. The smallest absolute Gasteiger partial charge is 0.126 e. The molecule has 11 rings (SSSR count). The maximum absolute atomic E-state index is 6.17. The van der Waals surface area contributed by atoms with E-state index in [1.807, 2.05) is 0 Å². The second kappa shape index (κ2) is 17.8. The summed E-state index contributed by atoms with van der Waals surface area (Å²) in [6.45, 7) is 0. The summed E-state index contributed by atoms with van der Waals surface area (Å²) in [6.07, 6.45) is 0. The fraction of sp³-hybridized carbons (Fsp3) is 0.0476. The molecule has 1 aliphatic carbocycles. The molecule has 0 heterocycles. The van der Waals surface area contributed by atoms with Crippen LogP contribution in [0.15, 0.2) is 255 Å². The Labute approximate surface area is 393 Å². The van der Waals surface area contributed by atoms with Gasteiger partial charge in [-0.15, -0.1) is 0 Å². The highest BCUT2D eigenvalue weighted by Crippen LogP contribution is 2.60. The van der Waals surface area contributed by atoms with Crippen LogP contribution in [0.4, 0.5) is 34.1 Å². The summed E-state index contributed by atoms with van der Waals surface area (Å²) in [5, 5.41) is 0. The Morgan fingerprint density at radius 3 is 0.910 bits per heavy atom. The first-order valence-electron chi connectivity index (χ1n) is 22.7. The van der Waals surface area contributed by atoms with Gasteiger partial charge in [-0.05, 0) is 142 Å². The van der Waals surface area contributed by atoms with Crippen LogP contribution in [0.5, 0.6) is 11.5 Å². The number of hydrogen-bond donors (Lipinski definition) is 0. The van der Waals surface area contributed by atoms with E-state index < -0.39 is 5.41 Å². The van der Waals surface area contributed by atoms with Gasteiger partial charge in [0.15, 0.2) is 0 Å². The highest BCUT2D eigenvalue weighted by Gasteiger charge is 2.48. The van der Waals surface area contributed by atoms with E-state index in [-0.39, 0.29) is 0 Å². The average molecular weight is 865 g/mol. The van der Waals surface area contributed by atoms with Gasteiger partial charge in [0.05, 0.1) is 19.6 Å². The lowest BCUT2D eigenvalue weighted by atomic mass is 9.66. The lowest BCUT2D eigenvalue weighted by Crippen LogP contribution is -2.29. The van der Waals surface area contributed by atoms with Crippen molar-refractivity contribution in [3.63, 3.8) is 0 Å². The number of rotatable bonds is 12. The van der Waals surface area contributed by atoms with Gasteiger partial charge in [-0.2, -0.15) is 0 Å². The molecule has 1 aliphatic rings. The summed E-state index contributed by atoms with van der Waals surface area (Å²) in [4.78, 5) is 4.72. The van der Waals surface area contributed by atoms with Crippen molar-refractivity contribution in [2.24, 2.45) is 0 Å². The van der Waals surface area contributed by atoms with Crippen LogP contribution in [-0.4, -0.2) is 14.2 Å². The zero-order valence-corrected chi connectivity index (χ0v) is 37.5. The van der Waals surface area contributed by atoms with E-state index in [1.165, 1.54) is 22.3 Å². The Balaban J connectivity index is 1.27. The third-order valence-corrected chi connectivity index (χ3v) is 13.1. The molecule has 0 unspecified atom stereocenters. The van der Waals surface area contributed by atoms with Crippen molar-refractivity contribution in [3.05, 3.63) is 277 Å². The minimum atomic E-state index is -0.861. The van der Waals surface area contributed by atoms with Crippen LogP contribution < -0.4 is 19.3 Å². The average Bonchev–Trinajstić information content (AvgIpc) is 3.70. The van der Waals surface area contributed by atoms with Crippen molar-refractivity contribution in [2.75, 3.05) is 24.0 Å². The number of para-hydroxylation sites is 4. The standard InChI is InChI=1S/C63H48N2O2/c1-66-61-39-33-47(41-57(61)45-21-9-3-10-22-45)63(48-34-40-62(67-2)58(42-48)46-23-11-4-12-24-46)59-43-53(64(49-25-13-5-14-26-49)50-27-15-6-16-28-50)35-37-55(59)56-38-36-54(44-60(56)63)65(51-29-17-7-18-30-51)52-31-19-8-20-32-52/h3-44H,1-2H3. The molecule has 0 aliphatic heterocycles. The predicted octanol–water partition coefficient (Wildman–Crippen LogP) is 16.3. The van der Waals surface area contributed by atoms with Crippen molar-refractivity contribution in [3.8, 4) is 44.9 Å². The van der Waals surface area contributed by atoms with Crippen LogP contribution in [0.1, 0.15) is 22.3 Å². The van der Waals surface area contributed by atoms with Gasteiger partial charge >= 0.3 is 0 Å². The third-order valence-electron chi connectivity index (χ3n) is 13.1. The normalized spacial score (nSPS) is 12.1. The number of methoxy groups -OCH3 is 2. The highest BCUT2D eigenvalue weighted by atomic mass is 16.5. The molecule has 0 saturated carbocycles. The topological polar surface area (TPSA) is 24.9 Å². The molecule has 4 heteroatoms. The predicted molar refractivity (Wildman–Crippen MR) is 277 cm³/mol. The van der Waals surface area contributed by atoms with Gasteiger partial charge in [0.25, 0.3) is 0 Å². The van der Waals surface area contributed by atoms with Crippen LogP contribution in [0.2, 0.25) is 0 Å². The van der Waals surface area contributed by atoms with E-state index in [0.717, 1.165) is 79.0 Å². The molecule has 0 aromatic heterocycles. The molecule has 322 valence electrons. The molecule has 0 amide bonds. The molecule has 0 radical (unpaired) electrons. The molecule has 10 aromatic carbocycles. The largest absolute Gasteiger partial charge is 0.496 e. The third kappa shape index (κ3) is 7.30. The van der Waals surface area contributed by atoms with Crippen LogP contribution in [-0.2, 0) is 5.41 Å². The highest BCUT2D eigenvalue weighted by molar-refractivity contribution is 5.93. The van der Waals surface area contributed by atoms with Crippen LogP contribution in [0, 0.1) is 0 Å². The Kier molecular flexibility index (Phi) is 10.9. The van der Waals surface area contributed by atoms with E-state index in [1.54, 1.807) is 14.2 Å². The second-order valence-corrected chi connectivity index (χ2v) is 16.8. The fourth-order valence-electron chi connectivity index (χ4n) is 10.1. The first kappa shape index (κ1) is 41.1. The van der Waals surface area contributed by atoms with Crippen molar-refractivity contribution in [2.45, 2.75) is 5.41 Å². The van der Waals surface area contributed by atoms with Gasteiger partial charge in [0, 0.05) is 45.3 Å². The monoisotopic (exact) mass is 864 g/mol. The van der Waals surface area contributed by atoms with Crippen molar-refractivity contribution in [1.82, 2.24) is 0 Å². The fourth-order valence-corrected chi connectivity index (χ4v) is 10.1. The van der Waals surface area contributed by atoms with Gasteiger partial charge < -0.3 is 19.3 Å². The van der Waals surface area contributed by atoms with E-state index in [2.05, 4.69) is 265 Å². The van der Waals surface area contributed by atoms with Gasteiger partial charge in [0.1, 0.15) is 11.5 Å². The molecule has 0 fully saturated rings. The number of benzene rings is 10. The lowest BCUT2D eigenvalue weighted by molar-refractivity contribution is 0.416. The van der Waals surface area contributed by atoms with Gasteiger partial charge in [-0.1, -0.05) is 158 Å². The summed E-state index contributed by atoms with van der Waals surface area (Å²) < 4.78 is 12.3. The van der Waals surface area contributed by atoms with E-state index in [4.69, 9.17) is 9.47 Å². The Hall–Kier alpha value is -8.60. The molecule has 4 nitrogen and oxygen atoms in total. The summed E-state index contributed by atoms with van der Waals surface area (Å²) in [5.74, 6) is 1.62. The Bertz CT molecular complexity index is 3000. The van der Waals surface area contributed by atoms with Crippen molar-refractivity contribution < 1.29 is 9.47 Å². The number of fused-ring (bicyclic) bond motifs is 3. The zero-order chi connectivity index (χ0) is 45.2. The molecule has 10 aromatic rings. The molecule has 0 spiro atoms. The first-order chi connectivity index (χ1) is 33.1. The quantitative estimate of drug-likeness (QED) is 0.122. The summed E-state index contributed by atoms with van der Waals surface area (Å²) in [7, 11) is 3.52. The minimum absolute atomic E-state index is 0.810. The molecule has 0 saturated heterocycles. The maximum Gasteiger partial charge on any atom is 0.126 e. The first-order valence-corrected chi connectivity index (χ1v) is 22.7. The van der Waals surface area contributed by atoms with Gasteiger partial charge in [-0.25, -0.2) is 0 Å². The molecule has 67 heavy (non-hydrogen) atoms. The van der Waals surface area contributed by atoms with Crippen LogP contribution >= 0.6 is 0 Å². The van der Waals surface area contributed by atoms with Crippen molar-refractivity contribution in [1.29, 1.82) is 0 Å². The van der Waals surface area contributed by atoms with Crippen LogP contribution in [0.3, 0.4) is 0 Å². The van der Waals surface area contributed by atoms with Crippen LogP contribution in [0.25, 0.3) is 33.4 Å². The molecule has 0 bridgehead atoms. The van der Waals surface area contributed by atoms with E-state index >= 15 is 0 Å². The van der Waals surface area contributed by atoms with E-state index in [9.17, 15) is 0 Å². The minimum Gasteiger partial charge on any atom is -0.496 e.